The van der Waals surface area contributed by atoms with Crippen LogP contribution in [-0.2, 0) is 0 Å². The Bertz CT molecular complexity index is 781. The van der Waals surface area contributed by atoms with Gasteiger partial charge in [-0.05, 0) is 24.3 Å². The highest BCUT2D eigenvalue weighted by molar-refractivity contribution is 9.10. The highest BCUT2D eigenvalue weighted by Crippen LogP contribution is 2.23. The quantitative estimate of drug-likeness (QED) is 0.537. The molecular weight excluding hydrogens is 336 g/mol. The minimum atomic E-state index is -0.430. The lowest BCUT2D eigenvalue weighted by molar-refractivity contribution is -0.384. The zero-order valence-corrected chi connectivity index (χ0v) is 12.3. The van der Waals surface area contributed by atoms with E-state index in [1.54, 1.807) is 16.8 Å². The lowest BCUT2D eigenvalue weighted by Gasteiger charge is -2.06. The summed E-state index contributed by atoms with van der Waals surface area (Å²) in [6, 6.07) is 13.9. The van der Waals surface area contributed by atoms with Crippen LogP contribution in [0.1, 0.15) is 0 Å². The van der Waals surface area contributed by atoms with E-state index in [-0.39, 0.29) is 5.69 Å². The van der Waals surface area contributed by atoms with Crippen molar-refractivity contribution in [3.8, 4) is 17.1 Å². The van der Waals surface area contributed by atoms with Crippen molar-refractivity contribution in [2.45, 2.75) is 0 Å². The Hall–Kier alpha value is -2.54. The number of hydrogen-bond donors (Lipinski definition) is 0. The molecule has 0 unspecified atom stereocenters. The largest absolute Gasteiger partial charge is 0.269 e. The maximum atomic E-state index is 10.7. The number of nitro groups is 1. The van der Waals surface area contributed by atoms with Crippen LogP contribution in [-0.4, -0.2) is 19.7 Å². The fraction of sp³-hybridized carbons (Fsp3) is 0. The Balaban J connectivity index is 2.02. The molecule has 6 nitrogen and oxygen atoms in total. The second-order valence-electron chi connectivity index (χ2n) is 4.28. The Morgan fingerprint density at radius 2 is 1.71 bits per heavy atom. The number of halogens is 1. The molecule has 3 aromatic rings. The average Bonchev–Trinajstić information content (AvgIpc) is 2.97. The lowest BCUT2D eigenvalue weighted by Crippen LogP contribution is -1.99. The van der Waals surface area contributed by atoms with E-state index in [9.17, 15) is 10.1 Å². The van der Waals surface area contributed by atoms with Gasteiger partial charge in [-0.25, -0.2) is 9.67 Å². The summed E-state index contributed by atoms with van der Waals surface area (Å²) in [6.07, 6.45) is 1.46. The van der Waals surface area contributed by atoms with Crippen LogP contribution in [0.2, 0.25) is 0 Å². The molecule has 0 saturated heterocycles. The minimum absolute atomic E-state index is 0.0454. The van der Waals surface area contributed by atoms with Gasteiger partial charge in [0, 0.05) is 22.2 Å². The van der Waals surface area contributed by atoms with Crippen molar-refractivity contribution in [2.24, 2.45) is 0 Å². The number of aromatic nitrogens is 3. The molecule has 0 spiro atoms. The molecule has 7 heteroatoms. The van der Waals surface area contributed by atoms with E-state index in [0.717, 1.165) is 15.7 Å². The first kappa shape index (κ1) is 13.4. The van der Waals surface area contributed by atoms with E-state index in [4.69, 9.17) is 0 Å². The minimum Gasteiger partial charge on any atom is -0.258 e. The fourth-order valence-corrected chi connectivity index (χ4v) is 2.21. The van der Waals surface area contributed by atoms with Crippen LogP contribution >= 0.6 is 15.9 Å². The van der Waals surface area contributed by atoms with Crippen LogP contribution in [0.5, 0.6) is 0 Å². The van der Waals surface area contributed by atoms with Crippen molar-refractivity contribution in [1.82, 2.24) is 14.8 Å². The Kier molecular flexibility index (Phi) is 3.49. The topological polar surface area (TPSA) is 73.8 Å². The number of benzene rings is 2. The Labute approximate surface area is 128 Å². The van der Waals surface area contributed by atoms with Crippen LogP contribution in [0.3, 0.4) is 0 Å². The summed E-state index contributed by atoms with van der Waals surface area (Å²) < 4.78 is 2.63. The zero-order chi connectivity index (χ0) is 14.8. The predicted molar refractivity (Wildman–Crippen MR) is 81.1 cm³/mol. The molecule has 1 aromatic heterocycles. The predicted octanol–water partition coefficient (Wildman–Crippen LogP) is 3.61. The number of nitrogens with zero attached hydrogens (tertiary/aromatic N) is 4. The van der Waals surface area contributed by atoms with E-state index >= 15 is 0 Å². The van der Waals surface area contributed by atoms with Crippen molar-refractivity contribution in [3.63, 3.8) is 0 Å². The normalized spacial score (nSPS) is 10.5. The number of non-ortho nitro benzene ring substituents is 1. The van der Waals surface area contributed by atoms with E-state index < -0.39 is 4.92 Å². The molecule has 0 aliphatic carbocycles. The number of hydrogen-bond acceptors (Lipinski definition) is 4. The van der Waals surface area contributed by atoms with Gasteiger partial charge in [0.15, 0.2) is 5.82 Å². The average molecular weight is 345 g/mol. The smallest absolute Gasteiger partial charge is 0.258 e. The van der Waals surface area contributed by atoms with Crippen molar-refractivity contribution in [1.29, 1.82) is 0 Å². The van der Waals surface area contributed by atoms with Crippen LogP contribution in [0.25, 0.3) is 17.1 Å². The zero-order valence-electron chi connectivity index (χ0n) is 10.7. The number of rotatable bonds is 3. The van der Waals surface area contributed by atoms with Gasteiger partial charge in [-0.3, -0.25) is 10.1 Å². The van der Waals surface area contributed by atoms with Crippen LogP contribution in [0.15, 0.2) is 59.3 Å². The maximum absolute atomic E-state index is 10.7. The molecule has 2 aromatic carbocycles. The van der Waals surface area contributed by atoms with Gasteiger partial charge in [0.1, 0.15) is 6.33 Å². The molecule has 0 aliphatic heterocycles. The van der Waals surface area contributed by atoms with Gasteiger partial charge in [-0.2, -0.15) is 5.10 Å². The molecule has 0 N–H and O–H groups in total. The molecule has 1 heterocycles. The van der Waals surface area contributed by atoms with Gasteiger partial charge < -0.3 is 0 Å². The summed E-state index contributed by atoms with van der Waals surface area (Å²) in [5, 5.41) is 14.9. The van der Waals surface area contributed by atoms with E-state index in [0.29, 0.717) is 5.82 Å². The molecule has 0 radical (unpaired) electrons. The van der Waals surface area contributed by atoms with Crippen LogP contribution in [0, 0.1) is 10.1 Å². The molecule has 3 rings (SSSR count). The van der Waals surface area contributed by atoms with Gasteiger partial charge in [-0.1, -0.05) is 28.1 Å². The van der Waals surface area contributed by atoms with Crippen molar-refractivity contribution in [2.75, 3.05) is 0 Å². The molecular formula is C14H9BrN4O2. The Morgan fingerprint density at radius 3 is 2.33 bits per heavy atom. The maximum Gasteiger partial charge on any atom is 0.269 e. The summed E-state index contributed by atoms with van der Waals surface area (Å²) in [6.45, 7) is 0. The molecule has 0 fully saturated rings. The first-order valence-corrected chi connectivity index (χ1v) is 6.85. The summed E-state index contributed by atoms with van der Waals surface area (Å²) in [5.41, 5.74) is 1.68. The second-order valence-corrected chi connectivity index (χ2v) is 5.19. The summed E-state index contributed by atoms with van der Waals surface area (Å²) in [7, 11) is 0. The van der Waals surface area contributed by atoms with Crippen molar-refractivity contribution < 1.29 is 4.92 Å². The van der Waals surface area contributed by atoms with Crippen LogP contribution < -0.4 is 0 Å². The molecule has 0 amide bonds. The Morgan fingerprint density at radius 1 is 1.05 bits per heavy atom. The third-order valence-corrected chi connectivity index (χ3v) is 3.48. The summed E-state index contributed by atoms with van der Waals surface area (Å²) in [5.74, 6) is 0.677. The van der Waals surface area contributed by atoms with E-state index in [2.05, 4.69) is 26.0 Å². The summed E-state index contributed by atoms with van der Waals surface area (Å²) in [4.78, 5) is 14.5. The van der Waals surface area contributed by atoms with Gasteiger partial charge in [-0.15, -0.1) is 0 Å². The van der Waals surface area contributed by atoms with Gasteiger partial charge in [0.05, 0.1) is 10.6 Å². The van der Waals surface area contributed by atoms with E-state index in [1.807, 2.05) is 24.3 Å². The monoisotopic (exact) mass is 344 g/mol. The lowest BCUT2D eigenvalue weighted by atomic mass is 10.2. The first-order valence-electron chi connectivity index (χ1n) is 6.06. The van der Waals surface area contributed by atoms with Crippen molar-refractivity contribution >= 4 is 21.6 Å². The second kappa shape index (κ2) is 5.45. The van der Waals surface area contributed by atoms with E-state index in [1.165, 1.54) is 18.5 Å². The first-order chi connectivity index (χ1) is 10.1. The van der Waals surface area contributed by atoms with Gasteiger partial charge >= 0.3 is 0 Å². The number of nitro benzene ring substituents is 1. The van der Waals surface area contributed by atoms with Gasteiger partial charge in [0.2, 0.25) is 0 Å². The van der Waals surface area contributed by atoms with Gasteiger partial charge in [0.25, 0.3) is 5.69 Å². The van der Waals surface area contributed by atoms with Crippen LogP contribution in [0.4, 0.5) is 5.69 Å². The molecule has 0 saturated carbocycles. The molecule has 104 valence electrons. The fourth-order valence-electron chi connectivity index (χ4n) is 1.94. The molecule has 21 heavy (non-hydrogen) atoms. The molecule has 0 aliphatic rings. The highest BCUT2D eigenvalue weighted by atomic mass is 79.9. The highest BCUT2D eigenvalue weighted by Gasteiger charge is 2.11. The SMILES string of the molecule is O=[N+]([O-])c1ccc(-n2ncnc2-c2ccc(Br)cc2)cc1. The summed E-state index contributed by atoms with van der Waals surface area (Å²) >= 11 is 3.39. The third-order valence-electron chi connectivity index (χ3n) is 2.96. The van der Waals surface area contributed by atoms with Crippen molar-refractivity contribution in [3.05, 3.63) is 69.4 Å². The molecule has 0 bridgehead atoms. The standard InChI is InChI=1S/C14H9BrN4O2/c15-11-3-1-10(2-4-11)14-16-9-17-18(14)12-5-7-13(8-6-12)19(20)21/h1-9H. The third kappa shape index (κ3) is 2.68. The molecule has 0 atom stereocenters.